The Balaban J connectivity index is 1.49. The molecular weight excluding hydrogens is 254 g/mol. The van der Waals surface area contributed by atoms with Gasteiger partial charge < -0.3 is 15.3 Å². The third-order valence-corrected chi connectivity index (χ3v) is 4.13. The largest absolute Gasteiger partial charge is 0.508 e. The van der Waals surface area contributed by atoms with Gasteiger partial charge >= 0.3 is 0 Å². The molecule has 2 saturated heterocycles. The number of aromatic hydroxyl groups is 1. The molecule has 20 heavy (non-hydrogen) atoms. The van der Waals surface area contributed by atoms with Crippen molar-refractivity contribution in [1.82, 2.24) is 15.1 Å². The van der Waals surface area contributed by atoms with Crippen molar-refractivity contribution in [3.8, 4) is 5.75 Å². The third kappa shape index (κ3) is 2.94. The second-order valence-electron chi connectivity index (χ2n) is 5.63. The van der Waals surface area contributed by atoms with Gasteiger partial charge in [0.05, 0.1) is 5.92 Å². The van der Waals surface area contributed by atoms with Crippen LogP contribution in [0.1, 0.15) is 5.56 Å². The van der Waals surface area contributed by atoms with Crippen molar-refractivity contribution in [2.45, 2.75) is 6.54 Å². The van der Waals surface area contributed by atoms with Crippen molar-refractivity contribution in [3.05, 3.63) is 29.8 Å². The van der Waals surface area contributed by atoms with E-state index in [2.05, 4.69) is 10.2 Å². The molecule has 0 radical (unpaired) electrons. The summed E-state index contributed by atoms with van der Waals surface area (Å²) in [5.41, 5.74) is 1.12. The Bertz CT molecular complexity index is 480. The number of nitrogens with zero attached hydrogens (tertiary/aromatic N) is 2. The first-order chi connectivity index (χ1) is 9.72. The first-order valence-electron chi connectivity index (χ1n) is 7.22. The highest BCUT2D eigenvalue weighted by molar-refractivity contribution is 5.80. The normalized spacial score (nSPS) is 20.7. The molecule has 2 N–H and O–H groups in total. The van der Waals surface area contributed by atoms with Gasteiger partial charge in [-0.2, -0.15) is 0 Å². The van der Waals surface area contributed by atoms with Crippen LogP contribution < -0.4 is 5.32 Å². The minimum absolute atomic E-state index is 0.202. The fraction of sp³-hybridized carbons (Fsp3) is 0.533. The van der Waals surface area contributed by atoms with Crippen molar-refractivity contribution in [2.24, 2.45) is 5.92 Å². The number of phenolic OH excluding ortho intramolecular Hbond substituents is 1. The maximum absolute atomic E-state index is 12.1. The Morgan fingerprint density at radius 2 is 2.00 bits per heavy atom. The van der Waals surface area contributed by atoms with Crippen LogP contribution in [0.3, 0.4) is 0 Å². The zero-order chi connectivity index (χ0) is 13.9. The first kappa shape index (κ1) is 13.4. The minimum Gasteiger partial charge on any atom is -0.508 e. The topological polar surface area (TPSA) is 55.8 Å². The van der Waals surface area contributed by atoms with Crippen LogP contribution >= 0.6 is 0 Å². The molecule has 1 amide bonds. The second kappa shape index (κ2) is 5.81. The second-order valence-corrected chi connectivity index (χ2v) is 5.63. The fourth-order valence-electron chi connectivity index (χ4n) is 2.76. The number of nitrogens with one attached hydrogen (secondary N) is 1. The molecule has 0 spiro atoms. The van der Waals surface area contributed by atoms with Crippen LogP contribution in [0.25, 0.3) is 0 Å². The quantitative estimate of drug-likeness (QED) is 0.830. The smallest absolute Gasteiger partial charge is 0.228 e. The van der Waals surface area contributed by atoms with E-state index in [1.165, 1.54) is 0 Å². The summed E-state index contributed by atoms with van der Waals surface area (Å²) in [7, 11) is 0. The molecule has 0 aromatic heterocycles. The molecule has 1 aromatic rings. The summed E-state index contributed by atoms with van der Waals surface area (Å²) in [5.74, 6) is 0.821. The average Bonchev–Trinajstić information content (AvgIpc) is 2.37. The number of piperazine rings is 1. The van der Waals surface area contributed by atoms with Gasteiger partial charge in [0.2, 0.25) is 5.91 Å². The number of hydrogen-bond acceptors (Lipinski definition) is 4. The van der Waals surface area contributed by atoms with Crippen molar-refractivity contribution < 1.29 is 9.90 Å². The molecule has 108 valence electrons. The van der Waals surface area contributed by atoms with Gasteiger partial charge in [0, 0.05) is 45.8 Å². The molecule has 1 aromatic carbocycles. The van der Waals surface area contributed by atoms with Gasteiger partial charge in [-0.1, -0.05) is 12.1 Å². The van der Waals surface area contributed by atoms with Gasteiger partial charge in [-0.05, 0) is 17.7 Å². The van der Waals surface area contributed by atoms with E-state index in [9.17, 15) is 9.90 Å². The van der Waals surface area contributed by atoms with Crippen molar-refractivity contribution >= 4 is 5.91 Å². The van der Waals surface area contributed by atoms with E-state index >= 15 is 0 Å². The van der Waals surface area contributed by atoms with E-state index < -0.39 is 0 Å². The highest BCUT2D eigenvalue weighted by atomic mass is 16.3. The van der Waals surface area contributed by atoms with Gasteiger partial charge in [-0.15, -0.1) is 0 Å². The van der Waals surface area contributed by atoms with Crippen LogP contribution in [-0.4, -0.2) is 60.1 Å². The standard InChI is InChI=1S/C15H21N3O2/c19-14-3-1-2-12(8-14)11-17-4-6-18(7-5-17)15(20)13-9-16-10-13/h1-3,8,13,16,19H,4-7,9-11H2. The van der Waals surface area contributed by atoms with Crippen LogP contribution in [-0.2, 0) is 11.3 Å². The molecule has 0 atom stereocenters. The molecule has 2 heterocycles. The number of carbonyl (C=O) groups excluding carboxylic acids is 1. The summed E-state index contributed by atoms with van der Waals surface area (Å²) in [5, 5.41) is 12.6. The van der Waals surface area contributed by atoms with Crippen molar-refractivity contribution in [2.75, 3.05) is 39.3 Å². The van der Waals surface area contributed by atoms with Crippen LogP contribution in [0, 0.1) is 5.92 Å². The molecule has 2 aliphatic rings. The molecule has 0 unspecified atom stereocenters. The number of carbonyl (C=O) groups is 1. The lowest BCUT2D eigenvalue weighted by Gasteiger charge is -2.38. The number of phenols is 1. The van der Waals surface area contributed by atoms with E-state index in [0.29, 0.717) is 11.7 Å². The van der Waals surface area contributed by atoms with Gasteiger partial charge in [0.1, 0.15) is 5.75 Å². The summed E-state index contributed by atoms with van der Waals surface area (Å²) < 4.78 is 0. The summed E-state index contributed by atoms with van der Waals surface area (Å²) in [6.45, 7) is 5.94. The Kier molecular flexibility index (Phi) is 3.89. The van der Waals surface area contributed by atoms with Gasteiger partial charge in [-0.3, -0.25) is 9.69 Å². The van der Waals surface area contributed by atoms with Gasteiger partial charge in [0.25, 0.3) is 0 Å². The monoisotopic (exact) mass is 275 g/mol. The molecular formula is C15H21N3O2. The fourth-order valence-corrected chi connectivity index (χ4v) is 2.76. The number of amides is 1. The van der Waals surface area contributed by atoms with E-state index in [4.69, 9.17) is 0 Å². The Hall–Kier alpha value is -1.59. The predicted molar refractivity (Wildman–Crippen MR) is 76.3 cm³/mol. The Morgan fingerprint density at radius 1 is 1.25 bits per heavy atom. The highest BCUT2D eigenvalue weighted by Crippen LogP contribution is 2.15. The van der Waals surface area contributed by atoms with E-state index in [-0.39, 0.29) is 5.92 Å². The van der Waals surface area contributed by atoms with Crippen molar-refractivity contribution in [1.29, 1.82) is 0 Å². The van der Waals surface area contributed by atoms with Crippen molar-refractivity contribution in [3.63, 3.8) is 0 Å². The number of rotatable bonds is 3. The summed E-state index contributed by atoms with van der Waals surface area (Å²) in [4.78, 5) is 16.4. The Morgan fingerprint density at radius 3 is 2.60 bits per heavy atom. The lowest BCUT2D eigenvalue weighted by Crippen LogP contribution is -2.56. The predicted octanol–water partition coefficient (Wildman–Crippen LogP) is 0.256. The minimum atomic E-state index is 0.202. The summed E-state index contributed by atoms with van der Waals surface area (Å²) in [6, 6.07) is 7.38. The maximum Gasteiger partial charge on any atom is 0.228 e. The number of benzene rings is 1. The lowest BCUT2D eigenvalue weighted by molar-refractivity contribution is -0.138. The summed E-state index contributed by atoms with van der Waals surface area (Å²) >= 11 is 0. The molecule has 5 heteroatoms. The van der Waals surface area contributed by atoms with E-state index in [1.807, 2.05) is 17.0 Å². The molecule has 0 aliphatic carbocycles. The van der Waals surface area contributed by atoms with Crippen LogP contribution in [0.5, 0.6) is 5.75 Å². The van der Waals surface area contributed by atoms with Crippen LogP contribution in [0.2, 0.25) is 0 Å². The zero-order valence-corrected chi connectivity index (χ0v) is 11.6. The van der Waals surface area contributed by atoms with Gasteiger partial charge in [0.15, 0.2) is 0 Å². The summed E-state index contributed by atoms with van der Waals surface area (Å²) in [6.07, 6.45) is 0. The van der Waals surface area contributed by atoms with Crippen LogP contribution in [0.15, 0.2) is 24.3 Å². The maximum atomic E-state index is 12.1. The molecule has 3 rings (SSSR count). The molecule has 2 aliphatic heterocycles. The average molecular weight is 275 g/mol. The van der Waals surface area contributed by atoms with E-state index in [0.717, 1.165) is 51.4 Å². The highest BCUT2D eigenvalue weighted by Gasteiger charge is 2.30. The molecule has 5 nitrogen and oxygen atoms in total. The van der Waals surface area contributed by atoms with E-state index in [1.54, 1.807) is 12.1 Å². The number of hydrogen-bond donors (Lipinski definition) is 2. The molecule has 0 bridgehead atoms. The van der Waals surface area contributed by atoms with Crippen LogP contribution in [0.4, 0.5) is 0 Å². The third-order valence-electron chi connectivity index (χ3n) is 4.13. The SMILES string of the molecule is O=C(C1CNC1)N1CCN(Cc2cccc(O)c2)CC1. The first-order valence-corrected chi connectivity index (χ1v) is 7.22. The van der Waals surface area contributed by atoms with Gasteiger partial charge in [-0.25, -0.2) is 0 Å². The zero-order valence-electron chi connectivity index (χ0n) is 11.6. The molecule has 2 fully saturated rings. The Labute approximate surface area is 119 Å². The lowest BCUT2D eigenvalue weighted by atomic mass is 10.0. The molecule has 0 saturated carbocycles.